The zero-order valence-corrected chi connectivity index (χ0v) is 12.4. The molecule has 0 bridgehead atoms. The second-order valence-corrected chi connectivity index (χ2v) is 6.66. The molecule has 0 aromatic carbocycles. The standard InChI is InChI=1S/C15H31NO/c1-12(2)8-15(9-13(3)4)10-14(15)11-16-6-7-17-5/h12-14,16H,6-11H2,1-5H3. The van der Waals surface area contributed by atoms with Gasteiger partial charge in [0.15, 0.2) is 0 Å². The first kappa shape index (κ1) is 15.0. The summed E-state index contributed by atoms with van der Waals surface area (Å²) in [6.07, 6.45) is 4.24. The summed E-state index contributed by atoms with van der Waals surface area (Å²) in [6, 6.07) is 0. The molecule has 0 aromatic heterocycles. The second kappa shape index (κ2) is 6.75. The van der Waals surface area contributed by atoms with Crippen LogP contribution < -0.4 is 5.32 Å². The van der Waals surface area contributed by atoms with Crippen LogP contribution in [0.25, 0.3) is 0 Å². The van der Waals surface area contributed by atoms with Gasteiger partial charge in [-0.2, -0.15) is 0 Å². The Morgan fingerprint density at radius 3 is 2.24 bits per heavy atom. The van der Waals surface area contributed by atoms with Gasteiger partial charge in [-0.3, -0.25) is 0 Å². The van der Waals surface area contributed by atoms with Gasteiger partial charge < -0.3 is 10.1 Å². The van der Waals surface area contributed by atoms with Crippen LogP contribution in [0, 0.1) is 23.2 Å². The van der Waals surface area contributed by atoms with E-state index in [0.717, 1.165) is 30.9 Å². The maximum Gasteiger partial charge on any atom is 0.0587 e. The van der Waals surface area contributed by atoms with E-state index in [-0.39, 0.29) is 0 Å². The lowest BCUT2D eigenvalue weighted by Gasteiger charge is -2.22. The van der Waals surface area contributed by atoms with Gasteiger partial charge in [0, 0.05) is 13.7 Å². The fourth-order valence-electron chi connectivity index (χ4n) is 3.38. The van der Waals surface area contributed by atoms with Crippen LogP contribution in [-0.4, -0.2) is 26.8 Å². The Balaban J connectivity index is 2.31. The van der Waals surface area contributed by atoms with Crippen molar-refractivity contribution in [2.24, 2.45) is 23.2 Å². The summed E-state index contributed by atoms with van der Waals surface area (Å²) < 4.78 is 5.06. The zero-order chi connectivity index (χ0) is 12.9. The molecule has 1 rings (SSSR count). The van der Waals surface area contributed by atoms with E-state index in [4.69, 9.17) is 4.74 Å². The first-order valence-electron chi connectivity index (χ1n) is 7.20. The van der Waals surface area contributed by atoms with Gasteiger partial charge >= 0.3 is 0 Å². The van der Waals surface area contributed by atoms with Crippen molar-refractivity contribution in [2.45, 2.75) is 47.0 Å². The van der Waals surface area contributed by atoms with Gasteiger partial charge in [0.1, 0.15) is 0 Å². The highest BCUT2D eigenvalue weighted by Crippen LogP contribution is 2.60. The van der Waals surface area contributed by atoms with Crippen LogP contribution >= 0.6 is 0 Å². The molecule has 102 valence electrons. The minimum atomic E-state index is 0.655. The van der Waals surface area contributed by atoms with Gasteiger partial charge in [-0.1, -0.05) is 27.7 Å². The van der Waals surface area contributed by atoms with Crippen molar-refractivity contribution in [1.82, 2.24) is 5.32 Å². The number of methoxy groups -OCH3 is 1. The molecular weight excluding hydrogens is 210 g/mol. The maximum atomic E-state index is 5.06. The van der Waals surface area contributed by atoms with Crippen molar-refractivity contribution in [3.63, 3.8) is 0 Å². The predicted molar refractivity (Wildman–Crippen MR) is 74.2 cm³/mol. The largest absolute Gasteiger partial charge is 0.383 e. The Labute approximate surface area is 108 Å². The summed E-state index contributed by atoms with van der Waals surface area (Å²) in [6.45, 7) is 12.4. The summed E-state index contributed by atoms with van der Waals surface area (Å²) >= 11 is 0. The molecule has 1 saturated carbocycles. The van der Waals surface area contributed by atoms with Crippen LogP contribution in [0.5, 0.6) is 0 Å². The molecule has 0 aromatic rings. The molecule has 2 heteroatoms. The van der Waals surface area contributed by atoms with Crippen molar-refractivity contribution >= 4 is 0 Å². The number of hydrogen-bond acceptors (Lipinski definition) is 2. The van der Waals surface area contributed by atoms with Gasteiger partial charge in [-0.15, -0.1) is 0 Å². The van der Waals surface area contributed by atoms with E-state index < -0.39 is 0 Å². The lowest BCUT2D eigenvalue weighted by molar-refractivity contribution is 0.197. The summed E-state index contributed by atoms with van der Waals surface area (Å²) in [5, 5.41) is 3.52. The lowest BCUT2D eigenvalue weighted by atomic mass is 9.84. The van der Waals surface area contributed by atoms with E-state index in [9.17, 15) is 0 Å². The average molecular weight is 241 g/mol. The molecule has 1 N–H and O–H groups in total. The van der Waals surface area contributed by atoms with Crippen LogP contribution in [0.4, 0.5) is 0 Å². The van der Waals surface area contributed by atoms with Crippen LogP contribution in [0.3, 0.4) is 0 Å². The third kappa shape index (κ3) is 4.97. The molecule has 0 radical (unpaired) electrons. The number of nitrogens with one attached hydrogen (secondary N) is 1. The van der Waals surface area contributed by atoms with Crippen LogP contribution in [0.2, 0.25) is 0 Å². The maximum absolute atomic E-state index is 5.06. The molecule has 1 atom stereocenters. The van der Waals surface area contributed by atoms with E-state index in [1.165, 1.54) is 25.8 Å². The van der Waals surface area contributed by atoms with E-state index in [0.29, 0.717) is 5.41 Å². The number of rotatable bonds is 9. The van der Waals surface area contributed by atoms with Gasteiger partial charge in [0.2, 0.25) is 0 Å². The average Bonchev–Trinajstić information content (AvgIpc) is 2.83. The Kier molecular flexibility index (Phi) is 5.94. The van der Waals surface area contributed by atoms with Crippen molar-refractivity contribution in [3.8, 4) is 0 Å². The molecule has 0 amide bonds. The molecule has 1 unspecified atom stereocenters. The highest BCUT2D eigenvalue weighted by molar-refractivity contribution is 5.03. The Hall–Kier alpha value is -0.0800. The number of hydrogen-bond donors (Lipinski definition) is 1. The topological polar surface area (TPSA) is 21.3 Å². The first-order chi connectivity index (χ1) is 8.00. The summed E-state index contributed by atoms with van der Waals surface area (Å²) in [5.74, 6) is 2.57. The molecule has 2 nitrogen and oxygen atoms in total. The molecule has 0 aliphatic heterocycles. The van der Waals surface area contributed by atoms with E-state index in [2.05, 4.69) is 33.0 Å². The quantitative estimate of drug-likeness (QED) is 0.625. The molecular formula is C15H31NO. The molecule has 0 saturated heterocycles. The van der Waals surface area contributed by atoms with E-state index in [1.807, 2.05) is 0 Å². The van der Waals surface area contributed by atoms with Crippen molar-refractivity contribution in [2.75, 3.05) is 26.8 Å². The van der Waals surface area contributed by atoms with E-state index in [1.54, 1.807) is 7.11 Å². The number of ether oxygens (including phenoxy) is 1. The first-order valence-corrected chi connectivity index (χ1v) is 7.20. The third-order valence-electron chi connectivity index (χ3n) is 3.86. The van der Waals surface area contributed by atoms with Crippen LogP contribution in [0.15, 0.2) is 0 Å². The molecule has 1 aliphatic carbocycles. The normalized spacial score (nSPS) is 22.4. The second-order valence-electron chi connectivity index (χ2n) is 6.66. The SMILES string of the molecule is COCCNCC1CC1(CC(C)C)CC(C)C. The molecule has 1 fully saturated rings. The highest BCUT2D eigenvalue weighted by Gasteiger charge is 2.52. The van der Waals surface area contributed by atoms with E-state index >= 15 is 0 Å². The molecule has 0 heterocycles. The van der Waals surface area contributed by atoms with Crippen molar-refractivity contribution in [3.05, 3.63) is 0 Å². The Morgan fingerprint density at radius 2 is 1.76 bits per heavy atom. The smallest absolute Gasteiger partial charge is 0.0587 e. The zero-order valence-electron chi connectivity index (χ0n) is 12.4. The summed E-state index contributed by atoms with van der Waals surface area (Å²) in [7, 11) is 1.76. The Morgan fingerprint density at radius 1 is 1.18 bits per heavy atom. The van der Waals surface area contributed by atoms with Crippen LogP contribution in [-0.2, 0) is 4.74 Å². The van der Waals surface area contributed by atoms with Gasteiger partial charge in [-0.25, -0.2) is 0 Å². The summed E-state index contributed by atoms with van der Waals surface area (Å²) in [5.41, 5.74) is 0.655. The van der Waals surface area contributed by atoms with Gasteiger partial charge in [0.25, 0.3) is 0 Å². The van der Waals surface area contributed by atoms with Crippen molar-refractivity contribution in [1.29, 1.82) is 0 Å². The molecule has 0 spiro atoms. The molecule has 1 aliphatic rings. The summed E-state index contributed by atoms with van der Waals surface area (Å²) in [4.78, 5) is 0. The monoisotopic (exact) mass is 241 g/mol. The minimum absolute atomic E-state index is 0.655. The predicted octanol–water partition coefficient (Wildman–Crippen LogP) is 3.32. The minimum Gasteiger partial charge on any atom is -0.383 e. The van der Waals surface area contributed by atoms with Crippen molar-refractivity contribution < 1.29 is 4.74 Å². The highest BCUT2D eigenvalue weighted by atomic mass is 16.5. The van der Waals surface area contributed by atoms with Gasteiger partial charge in [0.05, 0.1) is 6.61 Å². The third-order valence-corrected chi connectivity index (χ3v) is 3.86. The lowest BCUT2D eigenvalue weighted by Crippen LogP contribution is -2.24. The van der Waals surface area contributed by atoms with Crippen LogP contribution in [0.1, 0.15) is 47.0 Å². The molecule has 17 heavy (non-hydrogen) atoms. The Bertz CT molecular complexity index is 203. The fraction of sp³-hybridized carbons (Fsp3) is 1.00. The van der Waals surface area contributed by atoms with Gasteiger partial charge in [-0.05, 0) is 49.0 Å². The fourth-order valence-corrected chi connectivity index (χ4v) is 3.38.